The number of amides is 1. The van der Waals surface area contributed by atoms with Crippen molar-refractivity contribution in [1.29, 1.82) is 0 Å². The molecule has 5 nitrogen and oxygen atoms in total. The number of aromatic nitrogens is 1. The molecule has 0 saturated carbocycles. The monoisotopic (exact) mass is 273 g/mol. The number of carbonyl (C=O) groups excluding carboxylic acids is 1. The minimum atomic E-state index is -0.326. The summed E-state index contributed by atoms with van der Waals surface area (Å²) in [4.78, 5) is 18.3. The summed E-state index contributed by atoms with van der Waals surface area (Å²) in [5, 5.41) is 9.73. The molecule has 1 aliphatic heterocycles. The Morgan fingerprint density at radius 3 is 3.15 bits per heavy atom. The Labute approximate surface area is 118 Å². The Kier molecular flexibility index (Phi) is 4.72. The average molecular weight is 273 g/mol. The van der Waals surface area contributed by atoms with Crippen LogP contribution in [0.15, 0.2) is 18.5 Å². The van der Waals surface area contributed by atoms with Crippen LogP contribution in [0.2, 0.25) is 0 Å². The van der Waals surface area contributed by atoms with Crippen molar-refractivity contribution in [2.75, 3.05) is 19.6 Å². The molecule has 0 bridgehead atoms. The molecule has 2 unspecified atom stereocenters. The highest BCUT2D eigenvalue weighted by atomic mass is 16.3. The number of rotatable bonds is 1. The maximum absolute atomic E-state index is 12.6. The van der Waals surface area contributed by atoms with Crippen LogP contribution in [0.3, 0.4) is 0 Å². The summed E-state index contributed by atoms with van der Waals surface area (Å²) in [6.45, 7) is 3.32. The van der Waals surface area contributed by atoms with Crippen molar-refractivity contribution < 1.29 is 9.90 Å². The predicted molar refractivity (Wildman–Crippen MR) is 75.9 cm³/mol. The zero-order valence-electron chi connectivity index (χ0n) is 11.5. The average Bonchev–Trinajstić information content (AvgIpc) is 2.47. The van der Waals surface area contributed by atoms with Crippen LogP contribution in [-0.2, 0) is 0 Å². The Morgan fingerprint density at radius 2 is 2.45 bits per heavy atom. The van der Waals surface area contributed by atoms with E-state index in [9.17, 15) is 9.90 Å². The van der Waals surface area contributed by atoms with Crippen molar-refractivity contribution in [3.63, 3.8) is 0 Å². The maximum Gasteiger partial charge on any atom is 0.255 e. The van der Waals surface area contributed by atoms with Gasteiger partial charge >= 0.3 is 0 Å². The Morgan fingerprint density at radius 1 is 1.65 bits per heavy atom. The first-order chi connectivity index (χ1) is 9.63. The van der Waals surface area contributed by atoms with E-state index in [-0.39, 0.29) is 24.5 Å². The molecule has 0 radical (unpaired) electrons. The van der Waals surface area contributed by atoms with Gasteiger partial charge < -0.3 is 15.7 Å². The molecule has 106 valence electrons. The van der Waals surface area contributed by atoms with Crippen LogP contribution >= 0.6 is 0 Å². The molecule has 2 heterocycles. The molecule has 3 N–H and O–H groups in total. The molecule has 1 saturated heterocycles. The van der Waals surface area contributed by atoms with Gasteiger partial charge in [-0.1, -0.05) is 18.8 Å². The van der Waals surface area contributed by atoms with E-state index in [1.54, 1.807) is 23.4 Å². The number of pyridine rings is 1. The number of hydrogen-bond acceptors (Lipinski definition) is 4. The van der Waals surface area contributed by atoms with E-state index in [1.165, 1.54) is 0 Å². The number of aliphatic hydroxyl groups is 1. The second-order valence-electron chi connectivity index (χ2n) is 5.01. The van der Waals surface area contributed by atoms with Gasteiger partial charge in [0.05, 0.1) is 23.8 Å². The zero-order valence-corrected chi connectivity index (χ0v) is 11.5. The van der Waals surface area contributed by atoms with Crippen molar-refractivity contribution in [2.45, 2.75) is 19.4 Å². The van der Waals surface area contributed by atoms with Gasteiger partial charge in [0, 0.05) is 25.5 Å². The number of likely N-dealkylation sites (tertiary alicyclic amines) is 1. The molecule has 0 aliphatic carbocycles. The fourth-order valence-corrected chi connectivity index (χ4v) is 2.31. The van der Waals surface area contributed by atoms with Crippen LogP contribution in [0, 0.1) is 17.8 Å². The van der Waals surface area contributed by atoms with E-state index in [1.807, 2.05) is 6.92 Å². The summed E-state index contributed by atoms with van der Waals surface area (Å²) in [6.07, 6.45) is 3.45. The molecular weight excluding hydrogens is 254 g/mol. The largest absolute Gasteiger partial charge is 0.393 e. The summed E-state index contributed by atoms with van der Waals surface area (Å²) in [7, 11) is 0. The van der Waals surface area contributed by atoms with Crippen LogP contribution in [0.25, 0.3) is 0 Å². The smallest absolute Gasteiger partial charge is 0.255 e. The Bertz CT molecular complexity index is 548. The molecule has 1 amide bonds. The Hall–Kier alpha value is -1.90. The molecule has 2 atom stereocenters. The summed E-state index contributed by atoms with van der Waals surface area (Å²) < 4.78 is 0. The van der Waals surface area contributed by atoms with Gasteiger partial charge in [0.15, 0.2) is 0 Å². The molecule has 0 aromatic carbocycles. The quantitative estimate of drug-likeness (QED) is 0.718. The van der Waals surface area contributed by atoms with E-state index in [2.05, 4.69) is 16.8 Å². The number of aliphatic hydroxyl groups excluding tert-OH is 1. The molecule has 0 spiro atoms. The number of carbonyl (C=O) groups is 1. The van der Waals surface area contributed by atoms with Gasteiger partial charge in [0.25, 0.3) is 5.91 Å². The highest BCUT2D eigenvalue weighted by molar-refractivity contribution is 5.96. The van der Waals surface area contributed by atoms with E-state index in [0.29, 0.717) is 30.6 Å². The second kappa shape index (κ2) is 6.51. The van der Waals surface area contributed by atoms with Crippen LogP contribution in [-0.4, -0.2) is 46.6 Å². The SMILES string of the molecule is CC1CN(C(=O)c2ccncc2C#CCN)CCC1O. The lowest BCUT2D eigenvalue weighted by atomic mass is 9.96. The molecule has 1 aliphatic rings. The third-order valence-corrected chi connectivity index (χ3v) is 3.52. The maximum atomic E-state index is 12.6. The number of nitrogens with zero attached hydrogens (tertiary/aromatic N) is 2. The Balaban J connectivity index is 2.21. The molecule has 20 heavy (non-hydrogen) atoms. The number of nitrogens with two attached hydrogens (primary N) is 1. The fourth-order valence-electron chi connectivity index (χ4n) is 2.31. The zero-order chi connectivity index (χ0) is 14.5. The van der Waals surface area contributed by atoms with Crippen molar-refractivity contribution in [1.82, 2.24) is 9.88 Å². The van der Waals surface area contributed by atoms with Gasteiger partial charge in [-0.05, 0) is 18.4 Å². The van der Waals surface area contributed by atoms with E-state index in [4.69, 9.17) is 5.73 Å². The van der Waals surface area contributed by atoms with E-state index in [0.717, 1.165) is 0 Å². The molecule has 5 heteroatoms. The summed E-state index contributed by atoms with van der Waals surface area (Å²) in [5.74, 6) is 5.65. The molecule has 1 fully saturated rings. The van der Waals surface area contributed by atoms with Crippen molar-refractivity contribution >= 4 is 5.91 Å². The lowest BCUT2D eigenvalue weighted by Crippen LogP contribution is -2.45. The predicted octanol–water partition coefficient (Wildman–Crippen LogP) is 0.235. The topological polar surface area (TPSA) is 79.5 Å². The van der Waals surface area contributed by atoms with Crippen LogP contribution in [0.1, 0.15) is 29.3 Å². The summed E-state index contributed by atoms with van der Waals surface area (Å²) in [5.41, 5.74) is 6.51. The van der Waals surface area contributed by atoms with Crippen LogP contribution in [0.5, 0.6) is 0 Å². The second-order valence-corrected chi connectivity index (χ2v) is 5.01. The van der Waals surface area contributed by atoms with Gasteiger partial charge in [-0.3, -0.25) is 9.78 Å². The van der Waals surface area contributed by atoms with E-state index < -0.39 is 0 Å². The summed E-state index contributed by atoms with van der Waals surface area (Å²) in [6, 6.07) is 1.68. The first kappa shape index (κ1) is 14.5. The molecule has 1 aromatic heterocycles. The number of piperidine rings is 1. The van der Waals surface area contributed by atoms with Gasteiger partial charge in [-0.2, -0.15) is 0 Å². The van der Waals surface area contributed by atoms with Crippen LogP contribution in [0.4, 0.5) is 0 Å². The van der Waals surface area contributed by atoms with Gasteiger partial charge in [-0.15, -0.1) is 0 Å². The van der Waals surface area contributed by atoms with Crippen molar-refractivity contribution in [3.8, 4) is 11.8 Å². The minimum Gasteiger partial charge on any atom is -0.393 e. The lowest BCUT2D eigenvalue weighted by Gasteiger charge is -2.34. The normalized spacial score (nSPS) is 22.1. The lowest BCUT2D eigenvalue weighted by molar-refractivity contribution is 0.0297. The van der Waals surface area contributed by atoms with E-state index >= 15 is 0 Å². The highest BCUT2D eigenvalue weighted by Gasteiger charge is 2.28. The van der Waals surface area contributed by atoms with Gasteiger partial charge in [0.2, 0.25) is 0 Å². The molecule has 1 aromatic rings. The first-order valence-corrected chi connectivity index (χ1v) is 6.73. The third kappa shape index (κ3) is 3.16. The molecular formula is C15H19N3O2. The third-order valence-electron chi connectivity index (χ3n) is 3.52. The van der Waals surface area contributed by atoms with Crippen molar-refractivity contribution in [3.05, 3.63) is 29.6 Å². The fraction of sp³-hybridized carbons (Fsp3) is 0.467. The van der Waals surface area contributed by atoms with Crippen molar-refractivity contribution in [2.24, 2.45) is 11.7 Å². The first-order valence-electron chi connectivity index (χ1n) is 6.73. The molecule has 2 rings (SSSR count). The van der Waals surface area contributed by atoms with Gasteiger partial charge in [0.1, 0.15) is 0 Å². The van der Waals surface area contributed by atoms with Gasteiger partial charge in [-0.25, -0.2) is 0 Å². The standard InChI is InChI=1S/C15H19N3O2/c1-11-10-18(8-5-14(11)19)15(20)13-4-7-17-9-12(13)3-2-6-16/h4,7,9,11,14,19H,5-6,8,10,16H2,1H3. The van der Waals surface area contributed by atoms with Crippen LogP contribution < -0.4 is 5.73 Å². The highest BCUT2D eigenvalue weighted by Crippen LogP contribution is 2.19. The minimum absolute atomic E-state index is 0.0625. The number of hydrogen-bond donors (Lipinski definition) is 2. The summed E-state index contributed by atoms with van der Waals surface area (Å²) >= 11 is 0.